The molecule has 1 heterocycles. The number of aryl methyl sites for hydroxylation is 1. The summed E-state index contributed by atoms with van der Waals surface area (Å²) in [5.74, 6) is 1.06. The summed E-state index contributed by atoms with van der Waals surface area (Å²) < 4.78 is 1.85. The molecule has 0 aliphatic rings. The van der Waals surface area contributed by atoms with E-state index in [0.29, 0.717) is 6.04 Å². The van der Waals surface area contributed by atoms with E-state index < -0.39 is 0 Å². The average molecular weight is 261 g/mol. The van der Waals surface area contributed by atoms with Crippen molar-refractivity contribution in [2.45, 2.75) is 17.4 Å². The largest absolute Gasteiger partial charge is 0.316 e. The van der Waals surface area contributed by atoms with Gasteiger partial charge in [0.15, 0.2) is 0 Å². The molecule has 0 saturated carbocycles. The van der Waals surface area contributed by atoms with E-state index in [-0.39, 0.29) is 0 Å². The summed E-state index contributed by atoms with van der Waals surface area (Å²) in [6, 6.07) is 11.0. The van der Waals surface area contributed by atoms with Gasteiger partial charge in [-0.3, -0.25) is 4.68 Å². The number of aromatic nitrogens is 2. The molecule has 0 saturated heterocycles. The van der Waals surface area contributed by atoms with Gasteiger partial charge in [-0.15, -0.1) is 11.8 Å². The molecule has 0 amide bonds. The van der Waals surface area contributed by atoms with Crippen LogP contribution in [0, 0.1) is 0 Å². The van der Waals surface area contributed by atoms with E-state index in [9.17, 15) is 0 Å². The normalized spacial score (nSPS) is 12.6. The number of rotatable bonds is 6. The number of hydrogen-bond acceptors (Lipinski definition) is 3. The van der Waals surface area contributed by atoms with Gasteiger partial charge in [0.25, 0.3) is 0 Å². The summed E-state index contributed by atoms with van der Waals surface area (Å²) in [5.41, 5.74) is 1.28. The zero-order chi connectivity index (χ0) is 12.8. The second-order valence-corrected chi connectivity index (χ2v) is 5.43. The van der Waals surface area contributed by atoms with E-state index in [4.69, 9.17) is 0 Å². The first kappa shape index (κ1) is 13.2. The zero-order valence-electron chi connectivity index (χ0n) is 10.8. The quantitative estimate of drug-likeness (QED) is 0.810. The highest BCUT2D eigenvalue weighted by atomic mass is 32.2. The molecule has 0 spiro atoms. The van der Waals surface area contributed by atoms with E-state index in [1.54, 1.807) is 0 Å². The Kier molecular flexibility index (Phi) is 4.84. The highest BCUT2D eigenvalue weighted by Crippen LogP contribution is 2.19. The van der Waals surface area contributed by atoms with Gasteiger partial charge in [0, 0.05) is 29.9 Å². The molecule has 1 atom stereocenters. The average Bonchev–Trinajstić information content (AvgIpc) is 2.81. The van der Waals surface area contributed by atoms with Crippen LogP contribution in [0.5, 0.6) is 0 Å². The van der Waals surface area contributed by atoms with Gasteiger partial charge in [0.05, 0.1) is 6.20 Å². The maximum atomic E-state index is 4.20. The minimum Gasteiger partial charge on any atom is -0.316 e. The Balaban J connectivity index is 1.86. The van der Waals surface area contributed by atoms with Crippen molar-refractivity contribution in [3.63, 3.8) is 0 Å². The van der Waals surface area contributed by atoms with E-state index in [0.717, 1.165) is 12.2 Å². The second-order valence-electron chi connectivity index (χ2n) is 4.34. The molecule has 0 fully saturated rings. The Morgan fingerprint density at radius 1 is 1.33 bits per heavy atom. The molecule has 0 radical (unpaired) electrons. The van der Waals surface area contributed by atoms with E-state index >= 15 is 0 Å². The predicted octanol–water partition coefficient (Wildman–Crippen LogP) is 2.34. The Bertz CT molecular complexity index is 467. The van der Waals surface area contributed by atoms with Crippen molar-refractivity contribution >= 4 is 11.8 Å². The maximum absolute atomic E-state index is 4.20. The molecule has 1 unspecified atom stereocenters. The van der Waals surface area contributed by atoms with Gasteiger partial charge in [-0.05, 0) is 31.2 Å². The van der Waals surface area contributed by atoms with Gasteiger partial charge in [-0.25, -0.2) is 0 Å². The van der Waals surface area contributed by atoms with Crippen molar-refractivity contribution in [1.29, 1.82) is 0 Å². The SMILES string of the molecule is CNC(CSc1ccccc1)Cc1cnn(C)c1. The Labute approximate surface area is 113 Å². The number of hydrogen-bond donors (Lipinski definition) is 1. The smallest absolute Gasteiger partial charge is 0.0522 e. The molecule has 2 rings (SSSR count). The summed E-state index contributed by atoms with van der Waals surface area (Å²) in [6.07, 6.45) is 5.04. The third kappa shape index (κ3) is 3.89. The van der Waals surface area contributed by atoms with Crippen LogP contribution in [-0.4, -0.2) is 28.6 Å². The molecule has 0 aliphatic carbocycles. The number of nitrogens with one attached hydrogen (secondary N) is 1. The Morgan fingerprint density at radius 3 is 2.72 bits per heavy atom. The van der Waals surface area contributed by atoms with Crippen LogP contribution < -0.4 is 5.32 Å². The minimum atomic E-state index is 0.472. The van der Waals surface area contributed by atoms with Gasteiger partial charge in [-0.1, -0.05) is 18.2 Å². The van der Waals surface area contributed by atoms with E-state index in [1.165, 1.54) is 10.5 Å². The molecule has 1 aromatic heterocycles. The number of benzene rings is 1. The van der Waals surface area contributed by atoms with Gasteiger partial charge < -0.3 is 5.32 Å². The van der Waals surface area contributed by atoms with Crippen molar-refractivity contribution < 1.29 is 0 Å². The first-order chi connectivity index (χ1) is 8.78. The van der Waals surface area contributed by atoms with Gasteiger partial charge >= 0.3 is 0 Å². The van der Waals surface area contributed by atoms with Crippen molar-refractivity contribution in [1.82, 2.24) is 15.1 Å². The lowest BCUT2D eigenvalue weighted by atomic mass is 10.1. The van der Waals surface area contributed by atoms with Crippen LogP contribution in [0.2, 0.25) is 0 Å². The molecule has 2 aromatic rings. The lowest BCUT2D eigenvalue weighted by molar-refractivity contribution is 0.616. The van der Waals surface area contributed by atoms with Crippen molar-refractivity contribution in [3.05, 3.63) is 48.3 Å². The third-order valence-corrected chi connectivity index (χ3v) is 4.02. The van der Waals surface area contributed by atoms with Gasteiger partial charge in [0.2, 0.25) is 0 Å². The number of nitrogens with zero attached hydrogens (tertiary/aromatic N) is 2. The molecule has 0 aliphatic heterocycles. The molecule has 4 heteroatoms. The fraction of sp³-hybridized carbons (Fsp3) is 0.357. The van der Waals surface area contributed by atoms with E-state index in [2.05, 4.69) is 46.9 Å². The second kappa shape index (κ2) is 6.61. The van der Waals surface area contributed by atoms with Crippen molar-refractivity contribution in [2.75, 3.05) is 12.8 Å². The lowest BCUT2D eigenvalue weighted by Crippen LogP contribution is -2.29. The standard InChI is InChI=1S/C14H19N3S/c1-15-13(8-12-9-16-17(2)10-12)11-18-14-6-4-3-5-7-14/h3-7,9-10,13,15H,8,11H2,1-2H3. The summed E-state index contributed by atoms with van der Waals surface area (Å²) in [5, 5.41) is 7.58. The van der Waals surface area contributed by atoms with Crippen LogP contribution in [0.3, 0.4) is 0 Å². The van der Waals surface area contributed by atoms with Crippen LogP contribution in [-0.2, 0) is 13.5 Å². The molecule has 3 nitrogen and oxygen atoms in total. The maximum Gasteiger partial charge on any atom is 0.0522 e. The fourth-order valence-corrected chi connectivity index (χ4v) is 2.85. The Hall–Kier alpha value is -1.26. The monoisotopic (exact) mass is 261 g/mol. The summed E-state index contributed by atoms with van der Waals surface area (Å²) >= 11 is 1.89. The van der Waals surface area contributed by atoms with Crippen LogP contribution in [0.25, 0.3) is 0 Å². The lowest BCUT2D eigenvalue weighted by Gasteiger charge is -2.14. The number of likely N-dealkylation sites (N-methyl/N-ethyl adjacent to an activating group) is 1. The first-order valence-electron chi connectivity index (χ1n) is 6.10. The van der Waals surface area contributed by atoms with Gasteiger partial charge in [0.1, 0.15) is 0 Å². The van der Waals surface area contributed by atoms with Crippen LogP contribution in [0.4, 0.5) is 0 Å². The van der Waals surface area contributed by atoms with Gasteiger partial charge in [-0.2, -0.15) is 5.10 Å². The highest BCUT2D eigenvalue weighted by Gasteiger charge is 2.09. The number of thioether (sulfide) groups is 1. The highest BCUT2D eigenvalue weighted by molar-refractivity contribution is 7.99. The summed E-state index contributed by atoms with van der Waals surface area (Å²) in [6.45, 7) is 0. The Morgan fingerprint density at radius 2 is 2.11 bits per heavy atom. The molecule has 1 N–H and O–H groups in total. The zero-order valence-corrected chi connectivity index (χ0v) is 11.7. The molecule has 18 heavy (non-hydrogen) atoms. The molecule has 1 aromatic carbocycles. The summed E-state index contributed by atoms with van der Waals surface area (Å²) in [7, 11) is 3.98. The fourth-order valence-electron chi connectivity index (χ4n) is 1.82. The molecular formula is C14H19N3S. The topological polar surface area (TPSA) is 29.9 Å². The minimum absolute atomic E-state index is 0.472. The molecule has 0 bridgehead atoms. The van der Waals surface area contributed by atoms with Crippen LogP contribution in [0.15, 0.2) is 47.6 Å². The summed E-state index contributed by atoms with van der Waals surface area (Å²) in [4.78, 5) is 1.32. The first-order valence-corrected chi connectivity index (χ1v) is 7.09. The van der Waals surface area contributed by atoms with Crippen molar-refractivity contribution in [3.8, 4) is 0 Å². The molecule has 96 valence electrons. The predicted molar refractivity (Wildman–Crippen MR) is 76.9 cm³/mol. The van der Waals surface area contributed by atoms with E-state index in [1.807, 2.05) is 36.7 Å². The third-order valence-electron chi connectivity index (χ3n) is 2.84. The van der Waals surface area contributed by atoms with Crippen molar-refractivity contribution in [2.24, 2.45) is 7.05 Å². The molecular weight excluding hydrogens is 242 g/mol. The van der Waals surface area contributed by atoms with Crippen LogP contribution in [0.1, 0.15) is 5.56 Å². The van der Waals surface area contributed by atoms with Crippen LogP contribution >= 0.6 is 11.8 Å².